The Morgan fingerprint density at radius 2 is 2.00 bits per heavy atom. The third-order valence-corrected chi connectivity index (χ3v) is 3.81. The van der Waals surface area contributed by atoms with Crippen LogP contribution in [-0.2, 0) is 4.79 Å². The summed E-state index contributed by atoms with van der Waals surface area (Å²) in [6.45, 7) is 1.83. The zero-order valence-electron chi connectivity index (χ0n) is 9.72. The van der Waals surface area contributed by atoms with E-state index in [1.165, 1.54) is 0 Å². The van der Waals surface area contributed by atoms with E-state index in [-0.39, 0.29) is 5.57 Å². The summed E-state index contributed by atoms with van der Waals surface area (Å²) in [5.41, 5.74) is 0.925. The van der Waals surface area contributed by atoms with E-state index in [1.807, 2.05) is 35.6 Å². The number of carbonyl (C=O) groups is 1. The monoisotopic (exact) mass is 357 g/mol. The molecule has 94 valence electrons. The van der Waals surface area contributed by atoms with Gasteiger partial charge in [0.2, 0.25) is 0 Å². The second kappa shape index (κ2) is 6.52. The lowest BCUT2D eigenvalue weighted by Gasteiger charge is -2.14. The van der Waals surface area contributed by atoms with Crippen LogP contribution in [0, 0.1) is 11.3 Å². The molecule has 0 saturated heterocycles. The summed E-state index contributed by atoms with van der Waals surface area (Å²) in [5.74, 6) is -1.13. The maximum absolute atomic E-state index is 11.2. The number of rotatable bonds is 4. The molecule has 2 N–H and O–H groups in total. The van der Waals surface area contributed by atoms with Crippen molar-refractivity contribution in [2.45, 2.75) is 19.4 Å². The van der Waals surface area contributed by atoms with Crippen LogP contribution in [0.4, 0.5) is 0 Å². The molecule has 0 radical (unpaired) electrons. The first-order valence-corrected chi connectivity index (χ1v) is 6.39. The van der Waals surface area contributed by atoms with Crippen molar-refractivity contribution < 1.29 is 15.0 Å². The Morgan fingerprint density at radius 1 is 1.44 bits per heavy atom. The van der Waals surface area contributed by atoms with E-state index < -0.39 is 12.1 Å². The van der Waals surface area contributed by atoms with Gasteiger partial charge >= 0.3 is 5.97 Å². The van der Waals surface area contributed by atoms with Crippen molar-refractivity contribution in [2.24, 2.45) is 0 Å². The molecule has 1 unspecified atom stereocenters. The fourth-order valence-corrected chi connectivity index (χ4v) is 2.00. The molecule has 0 aliphatic rings. The maximum Gasteiger partial charge on any atom is 0.335 e. The third-order valence-electron chi connectivity index (χ3n) is 2.46. The number of halogens is 1. The Bertz CT molecular complexity index is 514. The van der Waals surface area contributed by atoms with Crippen LogP contribution in [0.25, 0.3) is 0 Å². The van der Waals surface area contributed by atoms with Gasteiger partial charge in [-0.1, -0.05) is 19.1 Å². The lowest BCUT2D eigenvalue weighted by molar-refractivity contribution is -0.133. The Morgan fingerprint density at radius 3 is 2.39 bits per heavy atom. The van der Waals surface area contributed by atoms with Crippen molar-refractivity contribution in [3.05, 3.63) is 44.5 Å². The Kier molecular flexibility index (Phi) is 5.31. The molecule has 1 aromatic rings. The molecule has 0 aliphatic heterocycles. The fraction of sp³-hybridized carbons (Fsp3) is 0.231. The average molecular weight is 357 g/mol. The van der Waals surface area contributed by atoms with Gasteiger partial charge in [0.25, 0.3) is 0 Å². The van der Waals surface area contributed by atoms with E-state index in [9.17, 15) is 9.90 Å². The molecule has 0 aromatic heterocycles. The molecule has 0 heterocycles. The van der Waals surface area contributed by atoms with Gasteiger partial charge in [0.15, 0.2) is 0 Å². The number of nitriles is 1. The van der Waals surface area contributed by atoms with E-state index in [2.05, 4.69) is 0 Å². The topological polar surface area (TPSA) is 81.3 Å². The van der Waals surface area contributed by atoms with Crippen LogP contribution in [0.1, 0.15) is 30.6 Å². The van der Waals surface area contributed by atoms with Crippen LogP contribution in [0.2, 0.25) is 0 Å². The molecule has 1 rings (SSSR count). The number of allylic oxidation sites excluding steroid dienone is 1. The van der Waals surface area contributed by atoms with Gasteiger partial charge in [-0.25, -0.2) is 4.79 Å². The fourth-order valence-electron chi connectivity index (χ4n) is 1.48. The van der Waals surface area contributed by atoms with Crippen molar-refractivity contribution in [1.29, 1.82) is 5.26 Å². The van der Waals surface area contributed by atoms with Crippen LogP contribution < -0.4 is 0 Å². The van der Waals surface area contributed by atoms with E-state index in [4.69, 9.17) is 10.4 Å². The standard InChI is InChI=1S/C13H12INO3/c1-2-10(14)11(13(17)18)12(16)9-5-3-8(7-15)4-6-9/h3-6,12,16H,2H2,1H3,(H,17,18). The van der Waals surface area contributed by atoms with Crippen molar-refractivity contribution >= 4 is 28.6 Å². The highest BCUT2D eigenvalue weighted by molar-refractivity contribution is 14.1. The van der Waals surface area contributed by atoms with Crippen LogP contribution >= 0.6 is 22.6 Å². The van der Waals surface area contributed by atoms with Crippen molar-refractivity contribution in [1.82, 2.24) is 0 Å². The van der Waals surface area contributed by atoms with E-state index in [1.54, 1.807) is 24.3 Å². The molecule has 1 aromatic carbocycles. The molecular weight excluding hydrogens is 345 g/mol. The molecule has 0 aliphatic carbocycles. The van der Waals surface area contributed by atoms with Crippen molar-refractivity contribution in [3.63, 3.8) is 0 Å². The number of hydrogen-bond donors (Lipinski definition) is 2. The average Bonchev–Trinajstić information content (AvgIpc) is 2.38. The molecule has 5 heteroatoms. The highest BCUT2D eigenvalue weighted by Gasteiger charge is 2.22. The summed E-state index contributed by atoms with van der Waals surface area (Å²) in [7, 11) is 0. The SMILES string of the molecule is CCC(I)=C(C(=O)O)C(O)c1ccc(C#N)cc1. The van der Waals surface area contributed by atoms with E-state index in [0.29, 0.717) is 21.1 Å². The minimum absolute atomic E-state index is 0.0113. The molecular formula is C13H12INO3. The van der Waals surface area contributed by atoms with Crippen LogP contribution in [0.3, 0.4) is 0 Å². The Labute approximate surface area is 119 Å². The number of nitrogens with zero attached hydrogens (tertiary/aromatic N) is 1. The van der Waals surface area contributed by atoms with Gasteiger partial charge in [-0.05, 0) is 46.7 Å². The summed E-state index contributed by atoms with van der Waals surface area (Å²) < 4.78 is 0.608. The van der Waals surface area contributed by atoms with E-state index in [0.717, 1.165) is 0 Å². The number of carboxylic acids is 1. The summed E-state index contributed by atoms with van der Waals surface area (Å²) in [6.07, 6.45) is -0.627. The Balaban J connectivity index is 3.15. The smallest absolute Gasteiger partial charge is 0.335 e. The molecule has 0 bridgehead atoms. The maximum atomic E-state index is 11.2. The first kappa shape index (κ1) is 14.7. The van der Waals surface area contributed by atoms with Gasteiger partial charge in [0.05, 0.1) is 17.2 Å². The summed E-state index contributed by atoms with van der Waals surface area (Å²) in [5, 5.41) is 27.9. The first-order valence-electron chi connectivity index (χ1n) is 5.31. The molecule has 0 spiro atoms. The van der Waals surface area contributed by atoms with Gasteiger partial charge in [0, 0.05) is 3.58 Å². The lowest BCUT2D eigenvalue weighted by atomic mass is 10.00. The minimum atomic E-state index is -1.18. The summed E-state index contributed by atoms with van der Waals surface area (Å²) in [4.78, 5) is 11.2. The number of aliphatic hydroxyl groups is 1. The number of hydrogen-bond acceptors (Lipinski definition) is 3. The minimum Gasteiger partial charge on any atom is -0.478 e. The first-order chi connectivity index (χ1) is 8.51. The zero-order valence-corrected chi connectivity index (χ0v) is 11.9. The normalized spacial score (nSPS) is 13.4. The number of carboxylic acid groups (broad SMARTS) is 1. The van der Waals surface area contributed by atoms with Gasteiger partial charge in [-0.15, -0.1) is 0 Å². The zero-order chi connectivity index (χ0) is 13.7. The predicted octanol–water partition coefficient (Wildman–Crippen LogP) is 2.78. The second-order valence-electron chi connectivity index (χ2n) is 3.61. The number of aliphatic hydroxyl groups excluding tert-OH is 1. The number of aliphatic carboxylic acids is 1. The van der Waals surface area contributed by atoms with Crippen LogP contribution in [0.15, 0.2) is 33.4 Å². The second-order valence-corrected chi connectivity index (χ2v) is 4.92. The van der Waals surface area contributed by atoms with E-state index >= 15 is 0 Å². The highest BCUT2D eigenvalue weighted by Crippen LogP contribution is 2.29. The molecule has 0 saturated carbocycles. The van der Waals surface area contributed by atoms with Gasteiger partial charge in [0.1, 0.15) is 6.10 Å². The Hall–Kier alpha value is -1.39. The van der Waals surface area contributed by atoms with Gasteiger partial charge in [-0.3, -0.25) is 0 Å². The molecule has 1 atom stereocenters. The molecule has 4 nitrogen and oxygen atoms in total. The molecule has 0 fully saturated rings. The van der Waals surface area contributed by atoms with Crippen molar-refractivity contribution in [2.75, 3.05) is 0 Å². The summed E-state index contributed by atoms with van der Waals surface area (Å²) >= 11 is 1.93. The number of benzene rings is 1. The van der Waals surface area contributed by atoms with Crippen molar-refractivity contribution in [3.8, 4) is 6.07 Å². The highest BCUT2D eigenvalue weighted by atomic mass is 127. The quantitative estimate of drug-likeness (QED) is 0.641. The molecule has 0 amide bonds. The lowest BCUT2D eigenvalue weighted by Crippen LogP contribution is -2.12. The van der Waals surface area contributed by atoms with Crippen LogP contribution in [-0.4, -0.2) is 16.2 Å². The van der Waals surface area contributed by atoms with Crippen LogP contribution in [0.5, 0.6) is 0 Å². The largest absolute Gasteiger partial charge is 0.478 e. The van der Waals surface area contributed by atoms with Gasteiger partial charge < -0.3 is 10.2 Å². The summed E-state index contributed by atoms with van der Waals surface area (Å²) in [6, 6.07) is 8.19. The van der Waals surface area contributed by atoms with Gasteiger partial charge in [-0.2, -0.15) is 5.26 Å². The third kappa shape index (κ3) is 3.31. The predicted molar refractivity (Wildman–Crippen MR) is 75.1 cm³/mol. The molecule has 18 heavy (non-hydrogen) atoms.